The number of ether oxygens (including phenoxy) is 1. The van der Waals surface area contributed by atoms with Crippen molar-refractivity contribution < 1.29 is 18.8 Å². The fraction of sp³-hybridized carbons (Fsp3) is 0.364. The van der Waals surface area contributed by atoms with Gasteiger partial charge in [0, 0.05) is 6.54 Å². The Bertz CT molecular complexity index is 453. The first-order valence-corrected chi connectivity index (χ1v) is 5.39. The lowest BCUT2D eigenvalue weighted by atomic mass is 10.2. The largest absolute Gasteiger partial charge is 0.462 e. The Morgan fingerprint density at radius 3 is 2.89 bits per heavy atom. The van der Waals surface area contributed by atoms with Crippen LogP contribution < -0.4 is 10.6 Å². The van der Waals surface area contributed by atoms with Gasteiger partial charge in [-0.15, -0.1) is 6.58 Å². The number of aryl methyl sites for hydroxylation is 1. The molecule has 0 unspecified atom stereocenters. The first-order valence-electron chi connectivity index (χ1n) is 5.39. The Kier molecular flexibility index (Phi) is 4.91. The monoisotopic (exact) mass is 253 g/mol. The standard InChI is InChI=1S/C11H15N3O4/c1-4-6-12-11(16)13-9-8(7(3)14-18-9)10(15)17-5-2/h4H,1,5-6H2,2-3H3,(H2,12,13,16). The first-order chi connectivity index (χ1) is 8.60. The van der Waals surface area contributed by atoms with Crippen LogP contribution in [0.1, 0.15) is 23.0 Å². The van der Waals surface area contributed by atoms with Crippen molar-refractivity contribution in [2.45, 2.75) is 13.8 Å². The van der Waals surface area contributed by atoms with Crippen LogP contribution in [0.2, 0.25) is 0 Å². The van der Waals surface area contributed by atoms with Crippen LogP contribution in [0.5, 0.6) is 0 Å². The summed E-state index contributed by atoms with van der Waals surface area (Å²) in [4.78, 5) is 23.0. The number of hydrogen-bond donors (Lipinski definition) is 2. The zero-order chi connectivity index (χ0) is 13.5. The Labute approximate surface area is 104 Å². The molecule has 0 aliphatic rings. The molecule has 0 aromatic carbocycles. The quantitative estimate of drug-likeness (QED) is 0.612. The van der Waals surface area contributed by atoms with E-state index in [0.717, 1.165) is 0 Å². The van der Waals surface area contributed by atoms with Crippen molar-refractivity contribution in [3.8, 4) is 0 Å². The second kappa shape index (κ2) is 6.43. The molecule has 1 aromatic rings. The van der Waals surface area contributed by atoms with E-state index in [1.54, 1.807) is 13.8 Å². The fourth-order valence-corrected chi connectivity index (χ4v) is 1.21. The highest BCUT2D eigenvalue weighted by molar-refractivity contribution is 5.99. The van der Waals surface area contributed by atoms with E-state index < -0.39 is 12.0 Å². The summed E-state index contributed by atoms with van der Waals surface area (Å²) in [7, 11) is 0. The minimum Gasteiger partial charge on any atom is -0.462 e. The molecule has 0 radical (unpaired) electrons. The Hall–Kier alpha value is -2.31. The molecule has 98 valence electrons. The number of nitrogens with one attached hydrogen (secondary N) is 2. The first kappa shape index (κ1) is 13.8. The lowest BCUT2D eigenvalue weighted by Gasteiger charge is -2.04. The SMILES string of the molecule is C=CCNC(=O)Nc1onc(C)c1C(=O)OCC. The highest BCUT2D eigenvalue weighted by atomic mass is 16.5. The molecule has 7 nitrogen and oxygen atoms in total. The minimum absolute atomic E-state index is 0.0347. The van der Waals surface area contributed by atoms with Crippen LogP contribution in [-0.2, 0) is 4.74 Å². The number of rotatable bonds is 5. The second-order valence-corrected chi connectivity index (χ2v) is 3.32. The average Bonchev–Trinajstić information content (AvgIpc) is 2.68. The van der Waals surface area contributed by atoms with E-state index in [1.165, 1.54) is 6.08 Å². The van der Waals surface area contributed by atoms with Gasteiger partial charge in [-0.2, -0.15) is 0 Å². The van der Waals surface area contributed by atoms with Crippen molar-refractivity contribution in [3.05, 3.63) is 23.9 Å². The van der Waals surface area contributed by atoms with Gasteiger partial charge in [0.25, 0.3) is 0 Å². The molecule has 0 saturated carbocycles. The molecule has 1 heterocycles. The Morgan fingerprint density at radius 1 is 1.56 bits per heavy atom. The average molecular weight is 253 g/mol. The van der Waals surface area contributed by atoms with E-state index in [2.05, 4.69) is 22.4 Å². The summed E-state index contributed by atoms with van der Waals surface area (Å²) in [6, 6.07) is -0.517. The van der Waals surface area contributed by atoms with Crippen molar-refractivity contribution in [2.24, 2.45) is 0 Å². The minimum atomic E-state index is -0.588. The molecule has 1 aromatic heterocycles. The maximum Gasteiger partial charge on any atom is 0.345 e. The summed E-state index contributed by atoms with van der Waals surface area (Å²) < 4.78 is 9.71. The lowest BCUT2D eigenvalue weighted by Crippen LogP contribution is -2.29. The van der Waals surface area contributed by atoms with E-state index in [0.29, 0.717) is 12.2 Å². The van der Waals surface area contributed by atoms with Crippen LogP contribution in [0, 0.1) is 6.92 Å². The predicted molar refractivity (Wildman–Crippen MR) is 64.4 cm³/mol. The van der Waals surface area contributed by atoms with Gasteiger partial charge in [-0.3, -0.25) is 5.32 Å². The van der Waals surface area contributed by atoms with Gasteiger partial charge in [0.15, 0.2) is 0 Å². The molecular weight excluding hydrogens is 238 g/mol. The van der Waals surface area contributed by atoms with Gasteiger partial charge >= 0.3 is 12.0 Å². The third-order valence-corrected chi connectivity index (χ3v) is 1.98. The second-order valence-electron chi connectivity index (χ2n) is 3.32. The number of nitrogens with zero attached hydrogens (tertiary/aromatic N) is 1. The highest BCUT2D eigenvalue weighted by Crippen LogP contribution is 2.20. The molecule has 0 aliphatic heterocycles. The van der Waals surface area contributed by atoms with Gasteiger partial charge in [0.1, 0.15) is 5.56 Å². The molecule has 0 bridgehead atoms. The number of carbonyl (C=O) groups is 2. The molecule has 2 amide bonds. The van der Waals surface area contributed by atoms with Gasteiger partial charge in [-0.25, -0.2) is 9.59 Å². The highest BCUT2D eigenvalue weighted by Gasteiger charge is 2.22. The van der Waals surface area contributed by atoms with Crippen molar-refractivity contribution >= 4 is 17.9 Å². The van der Waals surface area contributed by atoms with Crippen molar-refractivity contribution in [3.63, 3.8) is 0 Å². The van der Waals surface area contributed by atoms with E-state index >= 15 is 0 Å². The van der Waals surface area contributed by atoms with Gasteiger partial charge < -0.3 is 14.6 Å². The molecule has 7 heteroatoms. The van der Waals surface area contributed by atoms with Gasteiger partial charge in [-0.05, 0) is 13.8 Å². The molecule has 0 fully saturated rings. The molecule has 18 heavy (non-hydrogen) atoms. The van der Waals surface area contributed by atoms with Crippen molar-refractivity contribution in [2.75, 3.05) is 18.5 Å². The zero-order valence-corrected chi connectivity index (χ0v) is 10.3. The number of urea groups is 1. The normalized spacial score (nSPS) is 9.67. The zero-order valence-electron chi connectivity index (χ0n) is 10.3. The van der Waals surface area contributed by atoms with Crippen LogP contribution in [0.25, 0.3) is 0 Å². The summed E-state index contributed by atoms with van der Waals surface area (Å²) in [5.41, 5.74) is 0.470. The van der Waals surface area contributed by atoms with Crippen molar-refractivity contribution in [1.29, 1.82) is 0 Å². The molecular formula is C11H15N3O4. The van der Waals surface area contributed by atoms with Crippen LogP contribution in [0.15, 0.2) is 17.2 Å². The molecule has 0 aliphatic carbocycles. The van der Waals surface area contributed by atoms with Gasteiger partial charge in [0.05, 0.1) is 12.3 Å². The third-order valence-electron chi connectivity index (χ3n) is 1.98. The van der Waals surface area contributed by atoms with Crippen LogP contribution in [-0.4, -0.2) is 30.3 Å². The Balaban J connectivity index is 2.80. The number of esters is 1. The summed E-state index contributed by atoms with van der Waals surface area (Å²) >= 11 is 0. The Morgan fingerprint density at radius 2 is 2.28 bits per heavy atom. The van der Waals surface area contributed by atoms with Gasteiger partial charge in [-0.1, -0.05) is 11.2 Å². The number of carbonyl (C=O) groups excluding carboxylic acids is 2. The summed E-state index contributed by atoms with van der Waals surface area (Å²) in [5, 5.41) is 8.47. The smallest absolute Gasteiger partial charge is 0.345 e. The molecule has 0 atom stereocenters. The number of hydrogen-bond acceptors (Lipinski definition) is 5. The molecule has 0 saturated heterocycles. The third kappa shape index (κ3) is 3.34. The molecule has 2 N–H and O–H groups in total. The summed E-state index contributed by atoms with van der Waals surface area (Å²) in [6.45, 7) is 7.26. The van der Waals surface area contributed by atoms with Gasteiger partial charge in [0.2, 0.25) is 5.88 Å². The summed E-state index contributed by atoms with van der Waals surface area (Å²) in [5.74, 6) is -0.622. The molecule has 1 rings (SSSR count). The maximum absolute atomic E-state index is 11.6. The van der Waals surface area contributed by atoms with Crippen molar-refractivity contribution in [1.82, 2.24) is 10.5 Å². The number of amides is 2. The van der Waals surface area contributed by atoms with Crippen LogP contribution >= 0.6 is 0 Å². The van der Waals surface area contributed by atoms with Crippen LogP contribution in [0.4, 0.5) is 10.7 Å². The topological polar surface area (TPSA) is 93.5 Å². The molecule has 0 spiro atoms. The van der Waals surface area contributed by atoms with E-state index in [-0.39, 0.29) is 18.1 Å². The van der Waals surface area contributed by atoms with E-state index in [4.69, 9.17) is 9.26 Å². The lowest BCUT2D eigenvalue weighted by molar-refractivity contribution is 0.0526. The van der Waals surface area contributed by atoms with E-state index in [1.807, 2.05) is 0 Å². The fourth-order valence-electron chi connectivity index (χ4n) is 1.21. The van der Waals surface area contributed by atoms with E-state index in [9.17, 15) is 9.59 Å². The maximum atomic E-state index is 11.6. The number of aromatic nitrogens is 1. The summed E-state index contributed by atoms with van der Waals surface area (Å²) in [6.07, 6.45) is 1.53. The predicted octanol–water partition coefficient (Wildman–Crippen LogP) is 1.47. The van der Waals surface area contributed by atoms with Crippen LogP contribution in [0.3, 0.4) is 0 Å². The number of anilines is 1.